The van der Waals surface area contributed by atoms with Crippen molar-refractivity contribution in [1.82, 2.24) is 0 Å². The van der Waals surface area contributed by atoms with Crippen molar-refractivity contribution in [3.8, 4) is 11.1 Å². The molecular weight excluding hydrogens is 363 g/mol. The molecule has 0 radical (unpaired) electrons. The van der Waals surface area contributed by atoms with Crippen LogP contribution in [-0.2, 0) is 14.7 Å². The lowest BCUT2D eigenvalue weighted by Crippen LogP contribution is -2.21. The third-order valence-electron chi connectivity index (χ3n) is 4.15. The Morgan fingerprint density at radius 1 is 0.920 bits per heavy atom. The van der Waals surface area contributed by atoms with Crippen molar-refractivity contribution in [3.63, 3.8) is 0 Å². The SMILES string of the molecule is CC(CCC(P(=O)(O)O)S(=O)(=O)O)c1ccc(-c2ccccc2)cc1. The van der Waals surface area contributed by atoms with E-state index in [0.29, 0.717) is 0 Å². The molecule has 0 heterocycles. The van der Waals surface area contributed by atoms with E-state index in [9.17, 15) is 13.0 Å². The summed E-state index contributed by atoms with van der Waals surface area (Å²) in [5.74, 6) is -0.111. The highest BCUT2D eigenvalue weighted by Gasteiger charge is 2.39. The Hall–Kier alpha value is -1.50. The minimum Gasteiger partial charge on any atom is -0.323 e. The van der Waals surface area contributed by atoms with E-state index in [1.54, 1.807) is 0 Å². The molecule has 0 bridgehead atoms. The summed E-state index contributed by atoms with van der Waals surface area (Å²) in [5, 5.41) is 0. The fourth-order valence-corrected chi connectivity index (χ4v) is 4.99. The molecule has 0 aliphatic rings. The summed E-state index contributed by atoms with van der Waals surface area (Å²) in [6.07, 6.45) is -0.0923. The van der Waals surface area contributed by atoms with E-state index in [2.05, 4.69) is 0 Å². The number of hydrogen-bond donors (Lipinski definition) is 3. The van der Waals surface area contributed by atoms with E-state index >= 15 is 0 Å². The predicted octanol–water partition coefficient (Wildman–Crippen LogP) is 3.63. The van der Waals surface area contributed by atoms with E-state index < -0.39 is 22.7 Å². The highest BCUT2D eigenvalue weighted by molar-refractivity contribution is 7.93. The minimum absolute atomic E-state index is 0.111. The second-order valence-corrected chi connectivity index (χ2v) is 9.78. The molecule has 136 valence electrons. The number of rotatable bonds is 7. The van der Waals surface area contributed by atoms with Gasteiger partial charge in [-0.25, -0.2) is 0 Å². The van der Waals surface area contributed by atoms with Crippen molar-refractivity contribution in [3.05, 3.63) is 60.2 Å². The molecule has 0 spiro atoms. The van der Waals surface area contributed by atoms with Crippen molar-refractivity contribution in [2.45, 2.75) is 30.7 Å². The molecular formula is C17H21O6PS. The molecule has 2 rings (SSSR count). The van der Waals surface area contributed by atoms with E-state index in [-0.39, 0.29) is 18.8 Å². The van der Waals surface area contributed by atoms with Crippen LogP contribution in [-0.4, -0.2) is 27.7 Å². The van der Waals surface area contributed by atoms with Gasteiger partial charge in [0.2, 0.25) is 0 Å². The summed E-state index contributed by atoms with van der Waals surface area (Å²) in [6, 6.07) is 17.5. The zero-order chi connectivity index (χ0) is 18.7. The molecule has 8 heteroatoms. The Morgan fingerprint density at radius 3 is 1.92 bits per heavy atom. The van der Waals surface area contributed by atoms with Crippen LogP contribution < -0.4 is 0 Å². The van der Waals surface area contributed by atoms with E-state index in [1.807, 2.05) is 61.5 Å². The van der Waals surface area contributed by atoms with Crippen LogP contribution >= 0.6 is 7.60 Å². The molecule has 0 fully saturated rings. The van der Waals surface area contributed by atoms with Crippen LogP contribution in [0, 0.1) is 0 Å². The van der Waals surface area contributed by atoms with Crippen molar-refractivity contribution in [2.24, 2.45) is 0 Å². The molecule has 3 N–H and O–H groups in total. The molecule has 0 saturated carbocycles. The first kappa shape index (κ1) is 19.8. The minimum atomic E-state index is -4.93. The molecule has 25 heavy (non-hydrogen) atoms. The molecule has 0 aliphatic carbocycles. The molecule has 2 atom stereocenters. The van der Waals surface area contributed by atoms with Crippen LogP contribution in [0.15, 0.2) is 54.6 Å². The largest absolute Gasteiger partial charge is 0.346 e. The van der Waals surface area contributed by atoms with Gasteiger partial charge in [0.15, 0.2) is 4.99 Å². The first-order valence-electron chi connectivity index (χ1n) is 7.76. The van der Waals surface area contributed by atoms with E-state index in [4.69, 9.17) is 14.3 Å². The Balaban J connectivity index is 2.08. The molecule has 0 amide bonds. The highest BCUT2D eigenvalue weighted by atomic mass is 32.2. The third-order valence-corrected chi connectivity index (χ3v) is 7.71. The second kappa shape index (κ2) is 7.81. The van der Waals surface area contributed by atoms with Gasteiger partial charge < -0.3 is 9.79 Å². The zero-order valence-electron chi connectivity index (χ0n) is 13.7. The average molecular weight is 384 g/mol. The summed E-state index contributed by atoms with van der Waals surface area (Å²) < 4.78 is 42.7. The zero-order valence-corrected chi connectivity index (χ0v) is 15.4. The summed E-state index contributed by atoms with van der Waals surface area (Å²) >= 11 is 0. The Kier molecular flexibility index (Phi) is 6.19. The van der Waals surface area contributed by atoms with Gasteiger partial charge in [0.05, 0.1) is 0 Å². The third kappa shape index (κ3) is 5.49. The van der Waals surface area contributed by atoms with Crippen LogP contribution in [0.25, 0.3) is 11.1 Å². The van der Waals surface area contributed by atoms with Crippen LogP contribution in [0.3, 0.4) is 0 Å². The molecule has 0 aromatic heterocycles. The molecule has 0 aliphatic heterocycles. The summed E-state index contributed by atoms with van der Waals surface area (Å²) in [6.45, 7) is 1.85. The fourth-order valence-electron chi connectivity index (χ4n) is 2.68. The van der Waals surface area contributed by atoms with Crippen LogP contribution in [0.2, 0.25) is 0 Å². The van der Waals surface area contributed by atoms with Crippen LogP contribution in [0.1, 0.15) is 31.2 Å². The monoisotopic (exact) mass is 384 g/mol. The molecule has 2 unspecified atom stereocenters. The highest BCUT2D eigenvalue weighted by Crippen LogP contribution is 2.46. The molecule has 2 aromatic rings. The maximum atomic E-state index is 11.3. The molecule has 6 nitrogen and oxygen atoms in total. The Morgan fingerprint density at radius 2 is 1.44 bits per heavy atom. The van der Waals surface area contributed by atoms with Gasteiger partial charge in [0, 0.05) is 0 Å². The summed E-state index contributed by atoms with van der Waals surface area (Å²) in [4.78, 5) is 16.2. The van der Waals surface area contributed by atoms with Gasteiger partial charge in [-0.3, -0.25) is 9.12 Å². The topological polar surface area (TPSA) is 112 Å². The van der Waals surface area contributed by atoms with Gasteiger partial charge in [0.25, 0.3) is 10.1 Å². The van der Waals surface area contributed by atoms with Crippen LogP contribution in [0.4, 0.5) is 0 Å². The van der Waals surface area contributed by atoms with Gasteiger partial charge in [-0.1, -0.05) is 61.5 Å². The summed E-state index contributed by atoms with van der Waals surface area (Å²) in [7, 11) is -9.74. The average Bonchev–Trinajstić information content (AvgIpc) is 2.53. The number of hydrogen-bond acceptors (Lipinski definition) is 3. The Bertz CT molecular complexity index is 842. The van der Waals surface area contributed by atoms with Gasteiger partial charge in [-0.05, 0) is 35.4 Å². The quantitative estimate of drug-likeness (QED) is 0.496. The standard InChI is InChI=1S/C17H21O6PS/c1-13(7-12-17(24(18,19)20)25(21,22)23)14-8-10-16(11-9-14)15-5-3-2-4-6-15/h2-6,8-11,13,17H,7,12H2,1H3,(H2,18,19,20)(H,21,22,23). The van der Waals surface area contributed by atoms with E-state index in [1.165, 1.54) is 0 Å². The van der Waals surface area contributed by atoms with Crippen molar-refractivity contribution < 1.29 is 27.3 Å². The van der Waals surface area contributed by atoms with Crippen molar-refractivity contribution in [2.75, 3.05) is 0 Å². The fraction of sp³-hybridized carbons (Fsp3) is 0.294. The molecule has 2 aromatic carbocycles. The first-order chi connectivity index (χ1) is 11.6. The normalized spacial score (nSPS) is 14.9. The number of benzene rings is 2. The second-order valence-electron chi connectivity index (χ2n) is 6.03. The lowest BCUT2D eigenvalue weighted by molar-refractivity contribution is 0.359. The van der Waals surface area contributed by atoms with Gasteiger partial charge >= 0.3 is 7.60 Å². The van der Waals surface area contributed by atoms with Gasteiger partial charge in [0.1, 0.15) is 0 Å². The van der Waals surface area contributed by atoms with E-state index in [0.717, 1.165) is 16.7 Å². The molecule has 0 saturated heterocycles. The van der Waals surface area contributed by atoms with Gasteiger partial charge in [-0.2, -0.15) is 8.42 Å². The van der Waals surface area contributed by atoms with Crippen molar-refractivity contribution >= 4 is 17.7 Å². The first-order valence-corrected chi connectivity index (χ1v) is 10.9. The maximum Gasteiger partial charge on any atom is 0.346 e. The lowest BCUT2D eigenvalue weighted by Gasteiger charge is -2.18. The smallest absolute Gasteiger partial charge is 0.323 e. The van der Waals surface area contributed by atoms with Crippen molar-refractivity contribution in [1.29, 1.82) is 0 Å². The predicted molar refractivity (Wildman–Crippen MR) is 96.9 cm³/mol. The van der Waals surface area contributed by atoms with Gasteiger partial charge in [-0.15, -0.1) is 0 Å². The summed E-state index contributed by atoms with van der Waals surface area (Å²) in [5.41, 5.74) is 3.05. The Labute approximate surface area is 147 Å². The van der Waals surface area contributed by atoms with Crippen LogP contribution in [0.5, 0.6) is 0 Å². The maximum absolute atomic E-state index is 11.3. The lowest BCUT2D eigenvalue weighted by atomic mass is 9.94.